The van der Waals surface area contributed by atoms with Crippen molar-refractivity contribution in [2.75, 3.05) is 0 Å². The van der Waals surface area contributed by atoms with E-state index < -0.39 is 5.54 Å². The molecule has 1 atom stereocenters. The highest BCUT2D eigenvalue weighted by Gasteiger charge is 2.44. The highest BCUT2D eigenvalue weighted by atomic mass is 19.1. The third-order valence-corrected chi connectivity index (χ3v) is 5.29. The Balaban J connectivity index is 1.82. The second kappa shape index (κ2) is 5.67. The van der Waals surface area contributed by atoms with Crippen LogP contribution in [0.5, 0.6) is 0 Å². The summed E-state index contributed by atoms with van der Waals surface area (Å²) in [5.41, 5.74) is 4.20. The van der Waals surface area contributed by atoms with Crippen LogP contribution in [-0.2, 0) is 12.0 Å². The zero-order valence-electron chi connectivity index (χ0n) is 14.1. The summed E-state index contributed by atoms with van der Waals surface area (Å²) in [5, 5.41) is 0. The topological polar surface area (TPSA) is 17.8 Å². The summed E-state index contributed by atoms with van der Waals surface area (Å²) in [7, 11) is 0. The molecule has 2 nitrogen and oxygen atoms in total. The van der Waals surface area contributed by atoms with E-state index in [1.54, 1.807) is 12.1 Å². The molecule has 5 rings (SSSR count). The van der Waals surface area contributed by atoms with Gasteiger partial charge in [-0.25, -0.2) is 9.37 Å². The average molecular weight is 340 g/mol. The molecular weight excluding hydrogens is 323 g/mol. The number of imidazole rings is 1. The van der Waals surface area contributed by atoms with Gasteiger partial charge in [0.05, 0.1) is 0 Å². The molecule has 4 aromatic rings. The van der Waals surface area contributed by atoms with E-state index in [2.05, 4.69) is 52.0 Å². The summed E-state index contributed by atoms with van der Waals surface area (Å²) in [4.78, 5) is 4.61. The SMILES string of the molecule is Fc1ccc([C@@]2(Cc3ccccc3)c3ccccc3-c3nccn32)cc1. The fourth-order valence-corrected chi connectivity index (χ4v) is 4.17. The second-order valence-corrected chi connectivity index (χ2v) is 6.70. The van der Waals surface area contributed by atoms with E-state index in [1.807, 2.05) is 36.7 Å². The molecule has 26 heavy (non-hydrogen) atoms. The number of rotatable bonds is 3. The van der Waals surface area contributed by atoms with Crippen molar-refractivity contribution >= 4 is 0 Å². The van der Waals surface area contributed by atoms with Crippen molar-refractivity contribution in [2.45, 2.75) is 12.0 Å². The van der Waals surface area contributed by atoms with Crippen LogP contribution < -0.4 is 0 Å². The number of nitrogens with zero attached hydrogens (tertiary/aromatic N) is 2. The molecule has 0 fully saturated rings. The Morgan fingerprint density at radius 2 is 1.58 bits per heavy atom. The number of hydrogen-bond donors (Lipinski definition) is 0. The molecule has 0 aliphatic carbocycles. The molecule has 3 heteroatoms. The number of fused-ring (bicyclic) bond motifs is 3. The molecule has 0 bridgehead atoms. The Kier molecular flexibility index (Phi) is 3.29. The minimum atomic E-state index is -0.433. The zero-order valence-corrected chi connectivity index (χ0v) is 14.1. The monoisotopic (exact) mass is 340 g/mol. The number of benzene rings is 3. The van der Waals surface area contributed by atoms with Crippen molar-refractivity contribution in [2.24, 2.45) is 0 Å². The Labute approximate surface area is 151 Å². The highest BCUT2D eigenvalue weighted by Crippen LogP contribution is 2.48. The molecule has 3 aromatic carbocycles. The van der Waals surface area contributed by atoms with Crippen molar-refractivity contribution in [1.29, 1.82) is 0 Å². The molecule has 0 N–H and O–H groups in total. The molecule has 0 radical (unpaired) electrons. The molecule has 126 valence electrons. The molecule has 0 saturated carbocycles. The maximum Gasteiger partial charge on any atom is 0.141 e. The van der Waals surface area contributed by atoms with Gasteiger partial charge in [-0.1, -0.05) is 66.7 Å². The summed E-state index contributed by atoms with van der Waals surface area (Å²) in [6.07, 6.45) is 4.65. The van der Waals surface area contributed by atoms with E-state index in [-0.39, 0.29) is 5.82 Å². The molecule has 1 aromatic heterocycles. The summed E-state index contributed by atoms with van der Waals surface area (Å²) in [5.74, 6) is 0.738. The van der Waals surface area contributed by atoms with Crippen LogP contribution in [0.4, 0.5) is 4.39 Å². The first kappa shape index (κ1) is 15.1. The molecular formula is C23H17FN2. The van der Waals surface area contributed by atoms with Crippen LogP contribution in [0.3, 0.4) is 0 Å². The predicted molar refractivity (Wildman–Crippen MR) is 100 cm³/mol. The van der Waals surface area contributed by atoms with Crippen LogP contribution in [0, 0.1) is 5.82 Å². The quantitative estimate of drug-likeness (QED) is 0.511. The van der Waals surface area contributed by atoms with Gasteiger partial charge in [-0.2, -0.15) is 0 Å². The van der Waals surface area contributed by atoms with Gasteiger partial charge < -0.3 is 4.57 Å². The minimum absolute atomic E-state index is 0.222. The minimum Gasteiger partial charge on any atom is -0.316 e. The first-order chi connectivity index (χ1) is 12.8. The van der Waals surface area contributed by atoms with Gasteiger partial charge in [0.1, 0.15) is 17.2 Å². The van der Waals surface area contributed by atoms with Crippen LogP contribution in [0.15, 0.2) is 91.3 Å². The summed E-state index contributed by atoms with van der Waals surface area (Å²) >= 11 is 0. The lowest BCUT2D eigenvalue weighted by molar-refractivity contribution is 0.449. The van der Waals surface area contributed by atoms with Gasteiger partial charge in [0.25, 0.3) is 0 Å². The van der Waals surface area contributed by atoms with Gasteiger partial charge in [-0.3, -0.25) is 0 Å². The van der Waals surface area contributed by atoms with Gasteiger partial charge in [0.2, 0.25) is 0 Å². The van der Waals surface area contributed by atoms with E-state index in [0.29, 0.717) is 0 Å². The Hall–Kier alpha value is -3.20. The first-order valence-corrected chi connectivity index (χ1v) is 8.73. The van der Waals surface area contributed by atoms with Gasteiger partial charge >= 0.3 is 0 Å². The largest absolute Gasteiger partial charge is 0.316 e. The molecule has 1 aliphatic rings. The standard InChI is InChI=1S/C23H17FN2/c24-19-12-10-18(11-13-19)23(16-17-6-2-1-3-7-17)21-9-5-4-8-20(21)22-25-14-15-26(22)23/h1-15H,16H2/t23-/m0/s1. The molecule has 0 spiro atoms. The van der Waals surface area contributed by atoms with Crippen molar-refractivity contribution in [1.82, 2.24) is 9.55 Å². The molecule has 0 unspecified atom stereocenters. The van der Waals surface area contributed by atoms with Crippen LogP contribution in [-0.4, -0.2) is 9.55 Å². The van der Waals surface area contributed by atoms with Crippen molar-refractivity contribution < 1.29 is 4.39 Å². The lowest BCUT2D eigenvalue weighted by Crippen LogP contribution is -2.35. The lowest BCUT2D eigenvalue weighted by atomic mass is 9.78. The fourth-order valence-electron chi connectivity index (χ4n) is 4.17. The van der Waals surface area contributed by atoms with Gasteiger partial charge in [0, 0.05) is 24.4 Å². The Bertz CT molecular complexity index is 1070. The van der Waals surface area contributed by atoms with Crippen LogP contribution in [0.25, 0.3) is 11.4 Å². The van der Waals surface area contributed by atoms with Gasteiger partial charge in [-0.05, 0) is 28.8 Å². The van der Waals surface area contributed by atoms with E-state index in [4.69, 9.17) is 0 Å². The van der Waals surface area contributed by atoms with Crippen LogP contribution >= 0.6 is 0 Å². The molecule has 0 saturated heterocycles. The smallest absolute Gasteiger partial charge is 0.141 e. The Morgan fingerprint density at radius 1 is 0.846 bits per heavy atom. The normalized spacial score (nSPS) is 17.7. The predicted octanol–water partition coefficient (Wildman–Crippen LogP) is 5.04. The van der Waals surface area contributed by atoms with Gasteiger partial charge in [0.15, 0.2) is 0 Å². The van der Waals surface area contributed by atoms with E-state index in [9.17, 15) is 4.39 Å². The lowest BCUT2D eigenvalue weighted by Gasteiger charge is -2.34. The third-order valence-electron chi connectivity index (χ3n) is 5.29. The van der Waals surface area contributed by atoms with E-state index in [1.165, 1.54) is 11.1 Å². The third kappa shape index (κ3) is 2.07. The second-order valence-electron chi connectivity index (χ2n) is 6.70. The average Bonchev–Trinajstić information content (AvgIpc) is 3.26. The fraction of sp³-hybridized carbons (Fsp3) is 0.0870. The van der Waals surface area contributed by atoms with Gasteiger partial charge in [-0.15, -0.1) is 0 Å². The highest BCUT2D eigenvalue weighted by molar-refractivity contribution is 5.71. The maximum atomic E-state index is 13.6. The van der Waals surface area contributed by atoms with E-state index in [0.717, 1.165) is 23.4 Å². The molecule has 0 amide bonds. The number of aromatic nitrogens is 2. The summed E-state index contributed by atoms with van der Waals surface area (Å²) in [6, 6.07) is 25.7. The number of hydrogen-bond acceptors (Lipinski definition) is 1. The molecule has 1 aliphatic heterocycles. The Morgan fingerprint density at radius 3 is 2.38 bits per heavy atom. The van der Waals surface area contributed by atoms with Crippen molar-refractivity contribution in [3.8, 4) is 11.4 Å². The van der Waals surface area contributed by atoms with Crippen LogP contribution in [0.1, 0.15) is 16.7 Å². The van der Waals surface area contributed by atoms with Crippen molar-refractivity contribution in [3.63, 3.8) is 0 Å². The first-order valence-electron chi connectivity index (χ1n) is 8.73. The summed E-state index contributed by atoms with van der Waals surface area (Å²) < 4.78 is 15.9. The zero-order chi connectivity index (χ0) is 17.6. The summed E-state index contributed by atoms with van der Waals surface area (Å²) in [6.45, 7) is 0. The maximum absolute atomic E-state index is 13.6. The molecule has 2 heterocycles. The van der Waals surface area contributed by atoms with Crippen LogP contribution in [0.2, 0.25) is 0 Å². The van der Waals surface area contributed by atoms with E-state index >= 15 is 0 Å². The van der Waals surface area contributed by atoms with Crippen molar-refractivity contribution in [3.05, 3.63) is 114 Å². The number of halogens is 1.